The fraction of sp³-hybridized carbons (Fsp3) is 0.200. The van der Waals surface area contributed by atoms with Crippen molar-refractivity contribution in [3.05, 3.63) is 98.5 Å². The Morgan fingerprint density at radius 2 is 1.75 bits per heavy atom. The van der Waals surface area contributed by atoms with E-state index in [2.05, 4.69) is 5.32 Å². The number of carbonyl (C=O) groups is 2. The molecule has 4 rings (SSSR count). The van der Waals surface area contributed by atoms with Crippen LogP contribution in [0.1, 0.15) is 56.3 Å². The zero-order valence-corrected chi connectivity index (χ0v) is 18.6. The first-order valence-corrected chi connectivity index (χ1v) is 11.0. The summed E-state index contributed by atoms with van der Waals surface area (Å²) in [4.78, 5) is 24.5. The number of benzene rings is 3. The molecule has 1 aliphatic rings. The molecule has 5 nitrogen and oxygen atoms in total. The normalized spacial score (nSPS) is 15.0. The van der Waals surface area contributed by atoms with Crippen molar-refractivity contribution in [1.29, 1.82) is 0 Å². The highest BCUT2D eigenvalue weighted by molar-refractivity contribution is 6.31. The van der Waals surface area contributed by atoms with Gasteiger partial charge in [0, 0.05) is 21.2 Å². The van der Waals surface area contributed by atoms with E-state index in [4.69, 9.17) is 27.9 Å². The Kier molecular flexibility index (Phi) is 6.68. The van der Waals surface area contributed by atoms with Crippen LogP contribution in [0.4, 0.5) is 0 Å². The van der Waals surface area contributed by atoms with E-state index in [1.165, 1.54) is 0 Å². The number of nitrogens with one attached hydrogen (secondary N) is 1. The van der Waals surface area contributed by atoms with Gasteiger partial charge in [-0.2, -0.15) is 0 Å². The number of aryl methyl sites for hydroxylation is 1. The monoisotopic (exact) mass is 469 g/mol. The third-order valence-electron chi connectivity index (χ3n) is 5.53. The number of carboxylic acids is 1. The van der Waals surface area contributed by atoms with E-state index in [0.29, 0.717) is 26.9 Å². The molecule has 0 saturated heterocycles. The summed E-state index contributed by atoms with van der Waals surface area (Å²) in [5, 5.41) is 13.4. The molecule has 3 aromatic carbocycles. The Labute approximate surface area is 195 Å². The average Bonchev–Trinajstić information content (AvgIpc) is 2.79. The van der Waals surface area contributed by atoms with Crippen molar-refractivity contribution < 1.29 is 19.4 Å². The number of carbonyl (C=O) groups excluding carboxylic acids is 1. The minimum absolute atomic E-state index is 0.196. The van der Waals surface area contributed by atoms with Crippen LogP contribution in [0.15, 0.2) is 60.7 Å². The minimum Gasteiger partial charge on any atom is -0.489 e. The molecular formula is C25H21Cl2NO4. The number of aromatic carboxylic acids is 1. The molecule has 1 amide bonds. The maximum atomic E-state index is 13.2. The molecule has 0 radical (unpaired) electrons. The Morgan fingerprint density at radius 1 is 1.00 bits per heavy atom. The van der Waals surface area contributed by atoms with E-state index < -0.39 is 5.97 Å². The van der Waals surface area contributed by atoms with Crippen molar-refractivity contribution in [3.8, 4) is 5.75 Å². The first kappa shape index (κ1) is 22.2. The summed E-state index contributed by atoms with van der Waals surface area (Å²) in [6.07, 6.45) is 2.44. The standard InChI is InChI=1S/C25H21Cl2NO4/c26-18-7-9-20(10-8-18)32-14-17-4-6-19(27)13-22(17)24(29)28-23-3-1-2-15-12-16(25(30)31)5-11-21(15)23/h4-13,23H,1-3,14H2,(H,28,29)(H,30,31). The zero-order chi connectivity index (χ0) is 22.7. The van der Waals surface area contributed by atoms with Gasteiger partial charge in [-0.3, -0.25) is 4.79 Å². The molecule has 32 heavy (non-hydrogen) atoms. The first-order chi connectivity index (χ1) is 15.4. The Hall–Kier alpha value is -3.02. The van der Waals surface area contributed by atoms with E-state index in [1.807, 2.05) is 0 Å². The molecule has 1 unspecified atom stereocenters. The maximum absolute atomic E-state index is 13.2. The molecule has 3 aromatic rings. The second-order valence-corrected chi connectivity index (χ2v) is 8.55. The molecule has 7 heteroatoms. The summed E-state index contributed by atoms with van der Waals surface area (Å²) in [6, 6.07) is 17.0. The molecule has 0 fully saturated rings. The molecule has 0 aliphatic heterocycles. The predicted octanol–water partition coefficient (Wildman–Crippen LogP) is 6.08. The van der Waals surface area contributed by atoms with Gasteiger partial charge in [0.1, 0.15) is 12.4 Å². The van der Waals surface area contributed by atoms with Crippen LogP contribution in [0, 0.1) is 0 Å². The largest absolute Gasteiger partial charge is 0.489 e. The Bertz CT molecular complexity index is 1160. The predicted molar refractivity (Wildman–Crippen MR) is 124 cm³/mol. The highest BCUT2D eigenvalue weighted by Gasteiger charge is 2.24. The third-order valence-corrected chi connectivity index (χ3v) is 6.02. The number of fused-ring (bicyclic) bond motifs is 1. The van der Waals surface area contributed by atoms with Crippen molar-refractivity contribution in [3.63, 3.8) is 0 Å². The molecule has 0 spiro atoms. The van der Waals surface area contributed by atoms with Crippen molar-refractivity contribution in [2.24, 2.45) is 0 Å². The lowest BCUT2D eigenvalue weighted by molar-refractivity contribution is 0.0696. The Balaban J connectivity index is 1.53. The molecule has 0 bridgehead atoms. The maximum Gasteiger partial charge on any atom is 0.335 e. The lowest BCUT2D eigenvalue weighted by atomic mass is 9.86. The topological polar surface area (TPSA) is 75.6 Å². The van der Waals surface area contributed by atoms with Gasteiger partial charge < -0.3 is 15.2 Å². The number of hydrogen-bond acceptors (Lipinski definition) is 3. The summed E-state index contributed by atoms with van der Waals surface area (Å²) in [7, 11) is 0. The van der Waals surface area contributed by atoms with Gasteiger partial charge in [0.15, 0.2) is 0 Å². The van der Waals surface area contributed by atoms with Gasteiger partial charge >= 0.3 is 5.97 Å². The van der Waals surface area contributed by atoms with Crippen LogP contribution in [-0.4, -0.2) is 17.0 Å². The fourth-order valence-corrected chi connectivity index (χ4v) is 4.21. The summed E-state index contributed by atoms with van der Waals surface area (Å²) < 4.78 is 5.82. The first-order valence-electron chi connectivity index (χ1n) is 10.2. The number of carboxylic acid groups (broad SMARTS) is 1. The quantitative estimate of drug-likeness (QED) is 0.458. The van der Waals surface area contributed by atoms with Gasteiger partial charge in [-0.15, -0.1) is 0 Å². The molecule has 0 aromatic heterocycles. The highest BCUT2D eigenvalue weighted by atomic mass is 35.5. The number of ether oxygens (including phenoxy) is 1. The molecule has 0 saturated carbocycles. The van der Waals surface area contributed by atoms with E-state index in [9.17, 15) is 14.7 Å². The number of rotatable bonds is 6. The summed E-state index contributed by atoms with van der Waals surface area (Å²) >= 11 is 12.1. The van der Waals surface area contributed by atoms with Crippen molar-refractivity contribution in [2.75, 3.05) is 0 Å². The van der Waals surface area contributed by atoms with Crippen LogP contribution in [0.3, 0.4) is 0 Å². The van der Waals surface area contributed by atoms with Crippen molar-refractivity contribution in [1.82, 2.24) is 5.32 Å². The Morgan fingerprint density at radius 3 is 2.50 bits per heavy atom. The van der Waals surface area contributed by atoms with Crippen LogP contribution in [0.5, 0.6) is 5.75 Å². The number of amides is 1. The third kappa shape index (κ3) is 5.06. The second kappa shape index (κ2) is 9.63. The van der Waals surface area contributed by atoms with Crippen LogP contribution >= 0.6 is 23.2 Å². The number of hydrogen-bond donors (Lipinski definition) is 2. The second-order valence-electron chi connectivity index (χ2n) is 7.68. The van der Waals surface area contributed by atoms with Crippen LogP contribution in [0.2, 0.25) is 10.0 Å². The van der Waals surface area contributed by atoms with Gasteiger partial charge in [0.05, 0.1) is 11.6 Å². The SMILES string of the molecule is O=C(O)c1ccc2c(c1)CCCC2NC(=O)c1cc(Cl)ccc1COc1ccc(Cl)cc1. The smallest absolute Gasteiger partial charge is 0.335 e. The van der Waals surface area contributed by atoms with Crippen LogP contribution < -0.4 is 10.1 Å². The molecule has 2 N–H and O–H groups in total. The zero-order valence-electron chi connectivity index (χ0n) is 17.1. The van der Waals surface area contributed by atoms with Gasteiger partial charge in [-0.1, -0.05) is 35.3 Å². The van der Waals surface area contributed by atoms with E-state index >= 15 is 0 Å². The van der Waals surface area contributed by atoms with Gasteiger partial charge in [-0.25, -0.2) is 4.79 Å². The van der Waals surface area contributed by atoms with Crippen molar-refractivity contribution >= 4 is 35.1 Å². The van der Waals surface area contributed by atoms with E-state index in [1.54, 1.807) is 60.7 Å². The molecule has 0 heterocycles. The minimum atomic E-state index is -0.955. The highest BCUT2D eigenvalue weighted by Crippen LogP contribution is 2.31. The van der Waals surface area contributed by atoms with Crippen molar-refractivity contribution in [2.45, 2.75) is 31.9 Å². The summed E-state index contributed by atoms with van der Waals surface area (Å²) in [5.74, 6) is -0.559. The van der Waals surface area contributed by atoms with Gasteiger partial charge in [-0.05, 0) is 78.9 Å². The van der Waals surface area contributed by atoms with E-state index in [0.717, 1.165) is 30.4 Å². The van der Waals surface area contributed by atoms with Crippen LogP contribution in [0.25, 0.3) is 0 Å². The number of halogens is 2. The van der Waals surface area contributed by atoms with Gasteiger partial charge in [0.25, 0.3) is 5.91 Å². The summed E-state index contributed by atoms with van der Waals surface area (Å²) in [5.41, 5.74) is 3.32. The van der Waals surface area contributed by atoms with Gasteiger partial charge in [0.2, 0.25) is 0 Å². The average molecular weight is 470 g/mol. The lowest BCUT2D eigenvalue weighted by Crippen LogP contribution is -2.32. The molecular weight excluding hydrogens is 449 g/mol. The molecule has 1 atom stereocenters. The molecule has 1 aliphatic carbocycles. The van der Waals surface area contributed by atoms with Crippen LogP contribution in [-0.2, 0) is 13.0 Å². The van der Waals surface area contributed by atoms with E-state index in [-0.39, 0.29) is 24.1 Å². The molecule has 164 valence electrons. The summed E-state index contributed by atoms with van der Waals surface area (Å²) in [6.45, 7) is 0.199. The lowest BCUT2D eigenvalue weighted by Gasteiger charge is -2.27. The fourth-order valence-electron chi connectivity index (χ4n) is 3.91.